The highest BCUT2D eigenvalue weighted by Crippen LogP contribution is 2.16. The monoisotopic (exact) mass is 361 g/mol. The van der Waals surface area contributed by atoms with E-state index in [4.69, 9.17) is 4.74 Å². The smallest absolute Gasteiger partial charge is 0.252 e. The molecule has 1 amide bonds. The topological polar surface area (TPSA) is 72.5 Å². The van der Waals surface area contributed by atoms with E-state index in [2.05, 4.69) is 5.32 Å². The lowest BCUT2D eigenvalue weighted by atomic mass is 10.1. The first kappa shape index (κ1) is 19.1. The van der Waals surface area contributed by atoms with Gasteiger partial charge in [-0.25, -0.2) is 8.42 Å². The van der Waals surface area contributed by atoms with Crippen LogP contribution in [0, 0.1) is 0 Å². The van der Waals surface area contributed by atoms with Crippen LogP contribution in [0.15, 0.2) is 59.5 Å². The molecule has 0 spiro atoms. The van der Waals surface area contributed by atoms with E-state index in [0.717, 1.165) is 11.8 Å². The Kier molecular flexibility index (Phi) is 6.73. The van der Waals surface area contributed by atoms with E-state index in [1.165, 1.54) is 12.1 Å². The molecule has 0 aliphatic carbocycles. The Labute approximate surface area is 148 Å². The van der Waals surface area contributed by atoms with Crippen molar-refractivity contribution in [3.63, 3.8) is 0 Å². The zero-order valence-corrected chi connectivity index (χ0v) is 15.3. The molecule has 2 aromatic rings. The van der Waals surface area contributed by atoms with Crippen LogP contribution in [0.2, 0.25) is 0 Å². The molecule has 134 valence electrons. The van der Waals surface area contributed by atoms with Crippen LogP contribution >= 0.6 is 0 Å². The van der Waals surface area contributed by atoms with Gasteiger partial charge in [0.1, 0.15) is 0 Å². The fraction of sp³-hybridized carbons (Fsp3) is 0.316. The molecule has 0 fully saturated rings. The van der Waals surface area contributed by atoms with E-state index < -0.39 is 15.7 Å². The summed E-state index contributed by atoms with van der Waals surface area (Å²) in [5, 5.41) is 2.74. The molecule has 2 rings (SSSR count). The molecule has 0 heterocycles. The van der Waals surface area contributed by atoms with Crippen molar-refractivity contribution in [3.05, 3.63) is 65.7 Å². The Morgan fingerprint density at radius 1 is 1.08 bits per heavy atom. The SMILES string of the molecule is C[C@H](OCCCNC(=O)c1ccccc1S(C)(=O)=O)c1ccccc1. The molecule has 2 aromatic carbocycles. The van der Waals surface area contributed by atoms with Crippen LogP contribution in [0.1, 0.15) is 35.4 Å². The number of hydrogen-bond donors (Lipinski definition) is 1. The number of sulfone groups is 1. The predicted octanol–water partition coefficient (Wildman–Crippen LogP) is 2.99. The van der Waals surface area contributed by atoms with Crippen LogP contribution in [-0.4, -0.2) is 33.7 Å². The van der Waals surface area contributed by atoms with Gasteiger partial charge in [-0.2, -0.15) is 0 Å². The van der Waals surface area contributed by atoms with Gasteiger partial charge in [0.25, 0.3) is 5.91 Å². The molecule has 1 N–H and O–H groups in total. The molecule has 6 heteroatoms. The lowest BCUT2D eigenvalue weighted by Gasteiger charge is -2.13. The van der Waals surface area contributed by atoms with E-state index in [-0.39, 0.29) is 16.6 Å². The van der Waals surface area contributed by atoms with Crippen molar-refractivity contribution < 1.29 is 17.9 Å². The van der Waals surface area contributed by atoms with Crippen molar-refractivity contribution in [3.8, 4) is 0 Å². The third-order valence-electron chi connectivity index (χ3n) is 3.77. The number of rotatable bonds is 8. The lowest BCUT2D eigenvalue weighted by molar-refractivity contribution is 0.0634. The Hall–Kier alpha value is -2.18. The fourth-order valence-electron chi connectivity index (χ4n) is 2.43. The highest BCUT2D eigenvalue weighted by atomic mass is 32.2. The summed E-state index contributed by atoms with van der Waals surface area (Å²) < 4.78 is 29.2. The second-order valence-electron chi connectivity index (χ2n) is 5.80. The highest BCUT2D eigenvalue weighted by molar-refractivity contribution is 7.90. The maximum atomic E-state index is 12.2. The third kappa shape index (κ3) is 5.69. The van der Waals surface area contributed by atoms with Crippen LogP contribution < -0.4 is 5.32 Å². The molecule has 0 unspecified atom stereocenters. The second kappa shape index (κ2) is 8.78. The largest absolute Gasteiger partial charge is 0.374 e. The molecule has 1 atom stereocenters. The highest BCUT2D eigenvalue weighted by Gasteiger charge is 2.17. The van der Waals surface area contributed by atoms with Crippen molar-refractivity contribution in [2.75, 3.05) is 19.4 Å². The number of carbonyl (C=O) groups excluding carboxylic acids is 1. The van der Waals surface area contributed by atoms with Gasteiger partial charge >= 0.3 is 0 Å². The molecule has 0 radical (unpaired) electrons. The first-order valence-corrected chi connectivity index (χ1v) is 10.0. The van der Waals surface area contributed by atoms with Crippen LogP contribution in [0.3, 0.4) is 0 Å². The predicted molar refractivity (Wildman–Crippen MR) is 97.3 cm³/mol. The van der Waals surface area contributed by atoms with E-state index in [1.54, 1.807) is 12.1 Å². The molecule has 0 bridgehead atoms. The van der Waals surface area contributed by atoms with Gasteiger partial charge in [0.15, 0.2) is 9.84 Å². The number of amides is 1. The average Bonchev–Trinajstić information content (AvgIpc) is 2.61. The second-order valence-corrected chi connectivity index (χ2v) is 7.79. The van der Waals surface area contributed by atoms with Crippen molar-refractivity contribution in [2.24, 2.45) is 0 Å². The number of ether oxygens (including phenoxy) is 1. The first-order chi connectivity index (χ1) is 11.9. The summed E-state index contributed by atoms with van der Waals surface area (Å²) in [5.74, 6) is -0.392. The maximum absolute atomic E-state index is 12.2. The van der Waals surface area contributed by atoms with E-state index in [0.29, 0.717) is 19.6 Å². The van der Waals surface area contributed by atoms with E-state index in [9.17, 15) is 13.2 Å². The van der Waals surface area contributed by atoms with Gasteiger partial charge in [0.2, 0.25) is 0 Å². The van der Waals surface area contributed by atoms with Crippen LogP contribution in [0.25, 0.3) is 0 Å². The molecule has 0 aromatic heterocycles. The Morgan fingerprint density at radius 3 is 2.40 bits per heavy atom. The Bertz CT molecular complexity index is 803. The summed E-state index contributed by atoms with van der Waals surface area (Å²) in [6.07, 6.45) is 1.73. The van der Waals surface area contributed by atoms with Gasteiger partial charge in [-0.15, -0.1) is 0 Å². The number of carbonyl (C=O) groups is 1. The standard InChI is InChI=1S/C19H23NO4S/c1-15(16-9-4-3-5-10-16)24-14-8-13-20-19(21)17-11-6-7-12-18(17)25(2,22)23/h3-7,9-12,15H,8,13-14H2,1-2H3,(H,20,21)/t15-/m0/s1. The summed E-state index contributed by atoms with van der Waals surface area (Å²) >= 11 is 0. The van der Waals surface area contributed by atoms with Crippen LogP contribution in [-0.2, 0) is 14.6 Å². The molecule has 0 aliphatic rings. The number of nitrogens with one attached hydrogen (secondary N) is 1. The van der Waals surface area contributed by atoms with E-state index in [1.807, 2.05) is 37.3 Å². The lowest BCUT2D eigenvalue weighted by Crippen LogP contribution is -2.26. The average molecular weight is 361 g/mol. The van der Waals surface area contributed by atoms with Gasteiger partial charge in [-0.05, 0) is 31.0 Å². The van der Waals surface area contributed by atoms with Gasteiger partial charge in [0.05, 0.1) is 16.6 Å². The van der Waals surface area contributed by atoms with Crippen molar-refractivity contribution in [1.29, 1.82) is 0 Å². The number of hydrogen-bond acceptors (Lipinski definition) is 4. The van der Waals surface area contributed by atoms with Gasteiger partial charge in [0, 0.05) is 19.4 Å². The zero-order valence-electron chi connectivity index (χ0n) is 14.4. The summed E-state index contributed by atoms with van der Waals surface area (Å²) in [7, 11) is -3.44. The van der Waals surface area contributed by atoms with Crippen molar-refractivity contribution in [2.45, 2.75) is 24.3 Å². The van der Waals surface area contributed by atoms with E-state index >= 15 is 0 Å². The quantitative estimate of drug-likeness (QED) is 0.734. The minimum Gasteiger partial charge on any atom is -0.374 e. The minimum atomic E-state index is -3.44. The Morgan fingerprint density at radius 2 is 1.72 bits per heavy atom. The molecule has 0 saturated heterocycles. The molecule has 5 nitrogen and oxygen atoms in total. The molecule has 0 aliphatic heterocycles. The minimum absolute atomic E-state index is 0.0112. The summed E-state index contributed by atoms with van der Waals surface area (Å²) in [6, 6.07) is 16.1. The van der Waals surface area contributed by atoms with Gasteiger partial charge < -0.3 is 10.1 Å². The Balaban J connectivity index is 1.80. The molecular weight excluding hydrogens is 338 g/mol. The van der Waals surface area contributed by atoms with Gasteiger partial charge in [-0.1, -0.05) is 42.5 Å². The molecule has 0 saturated carbocycles. The van der Waals surface area contributed by atoms with Crippen LogP contribution in [0.5, 0.6) is 0 Å². The van der Waals surface area contributed by atoms with Crippen molar-refractivity contribution >= 4 is 15.7 Å². The summed E-state index contributed by atoms with van der Waals surface area (Å²) in [5.41, 5.74) is 1.28. The van der Waals surface area contributed by atoms with Crippen molar-refractivity contribution in [1.82, 2.24) is 5.32 Å². The number of benzene rings is 2. The first-order valence-electron chi connectivity index (χ1n) is 8.13. The normalized spacial score (nSPS) is 12.6. The maximum Gasteiger partial charge on any atom is 0.252 e. The zero-order chi connectivity index (χ0) is 18.3. The summed E-state index contributed by atoms with van der Waals surface area (Å²) in [6.45, 7) is 2.90. The van der Waals surface area contributed by atoms with Gasteiger partial charge in [-0.3, -0.25) is 4.79 Å². The third-order valence-corrected chi connectivity index (χ3v) is 4.93. The summed E-state index contributed by atoms with van der Waals surface area (Å²) in [4.78, 5) is 12.3. The fourth-order valence-corrected chi connectivity index (χ4v) is 3.31. The molecular formula is C19H23NO4S. The van der Waals surface area contributed by atoms with Crippen LogP contribution in [0.4, 0.5) is 0 Å². The molecule has 25 heavy (non-hydrogen) atoms.